The number of hydrogen-bond acceptors (Lipinski definition) is 7. The van der Waals surface area contributed by atoms with E-state index in [4.69, 9.17) is 10.00 Å². The molecule has 92 valence electrons. The van der Waals surface area contributed by atoms with Crippen LogP contribution in [0.3, 0.4) is 0 Å². The summed E-state index contributed by atoms with van der Waals surface area (Å²) in [6.07, 6.45) is 3.64. The molecule has 0 fully saturated rings. The van der Waals surface area contributed by atoms with Gasteiger partial charge >= 0.3 is 0 Å². The molecular weight excluding hydrogens is 286 g/mol. The van der Waals surface area contributed by atoms with Crippen LogP contribution in [0.25, 0.3) is 10.2 Å². The van der Waals surface area contributed by atoms with Gasteiger partial charge in [0.2, 0.25) is 6.19 Å². The van der Waals surface area contributed by atoms with Crippen LogP contribution in [0.15, 0.2) is 29.3 Å². The molecule has 0 N–H and O–H groups in total. The number of fused-ring (bicyclic) bond motifs is 1. The predicted molar refractivity (Wildman–Crippen MR) is 79.3 cm³/mol. The van der Waals surface area contributed by atoms with Gasteiger partial charge in [0, 0.05) is 0 Å². The molecule has 2 aromatic rings. The van der Waals surface area contributed by atoms with Crippen molar-refractivity contribution in [1.29, 1.82) is 5.26 Å². The minimum Gasteiger partial charge on any atom is -0.459 e. The fourth-order valence-corrected chi connectivity index (χ4v) is 3.23. The zero-order valence-electron chi connectivity index (χ0n) is 9.49. The van der Waals surface area contributed by atoms with E-state index in [9.17, 15) is 0 Å². The molecule has 2 rings (SSSR count). The maximum absolute atomic E-state index is 8.46. The Morgan fingerprint density at radius 1 is 1.56 bits per heavy atom. The van der Waals surface area contributed by atoms with Gasteiger partial charge in [0.25, 0.3) is 5.19 Å². The van der Waals surface area contributed by atoms with E-state index in [1.54, 1.807) is 6.19 Å². The summed E-state index contributed by atoms with van der Waals surface area (Å²) in [4.78, 5) is 8.02. The quantitative estimate of drug-likeness (QED) is 0.375. The molecule has 0 saturated heterocycles. The third-order valence-electron chi connectivity index (χ3n) is 1.95. The van der Waals surface area contributed by atoms with Gasteiger partial charge in [0.05, 0.1) is 10.2 Å². The summed E-state index contributed by atoms with van der Waals surface area (Å²) in [6.45, 7) is 0. The number of para-hydroxylation sites is 1. The van der Waals surface area contributed by atoms with E-state index in [0.29, 0.717) is 15.5 Å². The summed E-state index contributed by atoms with van der Waals surface area (Å²) in [5.41, 5.74) is 0.943. The Morgan fingerprint density at radius 3 is 3.11 bits per heavy atom. The van der Waals surface area contributed by atoms with Crippen molar-refractivity contribution in [2.75, 3.05) is 12.2 Å². The van der Waals surface area contributed by atoms with E-state index in [1.165, 1.54) is 34.9 Å². The van der Waals surface area contributed by atoms with Crippen LogP contribution in [0.2, 0.25) is 0 Å². The van der Waals surface area contributed by atoms with Gasteiger partial charge in [-0.3, -0.25) is 0 Å². The van der Waals surface area contributed by atoms with E-state index in [1.807, 2.05) is 30.5 Å². The second-order valence-electron chi connectivity index (χ2n) is 3.04. The molecule has 0 aliphatic heterocycles. The Labute approximate surface area is 117 Å². The highest BCUT2D eigenvalue weighted by Crippen LogP contribution is 2.28. The lowest BCUT2D eigenvalue weighted by Crippen LogP contribution is -1.95. The molecule has 4 nitrogen and oxygen atoms in total. The third-order valence-corrected chi connectivity index (χ3v) is 4.77. The Bertz CT molecular complexity index is 570. The van der Waals surface area contributed by atoms with Crippen molar-refractivity contribution >= 4 is 49.5 Å². The smallest absolute Gasteiger partial charge is 0.275 e. The van der Waals surface area contributed by atoms with Gasteiger partial charge in [-0.05, 0) is 18.4 Å². The molecule has 0 spiro atoms. The lowest BCUT2D eigenvalue weighted by atomic mass is 10.3. The second-order valence-corrected chi connectivity index (χ2v) is 5.99. The van der Waals surface area contributed by atoms with Crippen molar-refractivity contribution in [2.24, 2.45) is 4.99 Å². The molecule has 1 aromatic heterocycles. The van der Waals surface area contributed by atoms with Crippen molar-refractivity contribution in [3.8, 4) is 11.4 Å². The molecule has 7 heteroatoms. The van der Waals surface area contributed by atoms with Gasteiger partial charge in [-0.15, -0.1) is 11.8 Å². The summed E-state index contributed by atoms with van der Waals surface area (Å²) in [5, 5.41) is 9.10. The van der Waals surface area contributed by atoms with Gasteiger partial charge in [-0.1, -0.05) is 35.2 Å². The lowest BCUT2D eigenvalue weighted by molar-refractivity contribution is 0.392. The summed E-state index contributed by atoms with van der Waals surface area (Å²) in [5.74, 6) is 0.404. The first kappa shape index (κ1) is 13.2. The van der Waals surface area contributed by atoms with E-state index in [0.717, 1.165) is 10.2 Å². The molecule has 0 saturated carbocycles. The molecule has 18 heavy (non-hydrogen) atoms. The number of aromatic nitrogens is 1. The SMILES string of the molecule is CSC(=NC#N)SCOc1nc2ccccc2s1. The first-order chi connectivity index (χ1) is 8.83. The summed E-state index contributed by atoms with van der Waals surface area (Å²) in [7, 11) is 0. The van der Waals surface area contributed by atoms with Gasteiger partial charge in [-0.25, -0.2) is 4.98 Å². The van der Waals surface area contributed by atoms with Crippen molar-refractivity contribution in [2.45, 2.75) is 0 Å². The van der Waals surface area contributed by atoms with Crippen LogP contribution in [-0.2, 0) is 0 Å². The number of benzene rings is 1. The fourth-order valence-electron chi connectivity index (χ4n) is 1.22. The van der Waals surface area contributed by atoms with Gasteiger partial charge < -0.3 is 4.74 Å². The van der Waals surface area contributed by atoms with Crippen LogP contribution in [0.4, 0.5) is 0 Å². The summed E-state index contributed by atoms with van der Waals surface area (Å²) in [6, 6.07) is 7.89. The fraction of sp³-hybridized carbons (Fsp3) is 0.182. The standard InChI is InChI=1S/C11H9N3OS3/c1-16-11(13-6-12)17-7-15-10-14-8-4-2-3-5-9(8)18-10/h2-5H,7H2,1H3. The molecule has 0 radical (unpaired) electrons. The number of aliphatic imine (C=N–C) groups is 1. The monoisotopic (exact) mass is 295 g/mol. The number of rotatable bonds is 3. The highest BCUT2D eigenvalue weighted by atomic mass is 32.2. The molecule has 0 bridgehead atoms. The van der Waals surface area contributed by atoms with Crippen molar-refractivity contribution in [3.63, 3.8) is 0 Å². The van der Waals surface area contributed by atoms with Crippen molar-refractivity contribution in [3.05, 3.63) is 24.3 Å². The zero-order valence-corrected chi connectivity index (χ0v) is 11.9. The van der Waals surface area contributed by atoms with Crippen molar-refractivity contribution < 1.29 is 4.74 Å². The van der Waals surface area contributed by atoms with Crippen LogP contribution < -0.4 is 4.74 Å². The Hall–Kier alpha value is -1.23. The first-order valence-corrected chi connectivity index (χ1v) is 7.98. The lowest BCUT2D eigenvalue weighted by Gasteiger charge is -2.01. The van der Waals surface area contributed by atoms with Gasteiger partial charge in [0.1, 0.15) is 10.3 Å². The van der Waals surface area contributed by atoms with Crippen LogP contribution in [-0.4, -0.2) is 21.6 Å². The third kappa shape index (κ3) is 3.38. The largest absolute Gasteiger partial charge is 0.459 e. The topological polar surface area (TPSA) is 58.3 Å². The predicted octanol–water partition coefficient (Wildman–Crippen LogP) is 3.57. The number of ether oxygens (including phenoxy) is 1. The zero-order chi connectivity index (χ0) is 12.8. The summed E-state index contributed by atoms with van der Waals surface area (Å²) < 4.78 is 7.33. The summed E-state index contributed by atoms with van der Waals surface area (Å²) >= 11 is 4.33. The average molecular weight is 295 g/mol. The van der Waals surface area contributed by atoms with Gasteiger partial charge in [0.15, 0.2) is 0 Å². The first-order valence-electron chi connectivity index (χ1n) is 4.95. The molecule has 0 unspecified atom stereocenters. The molecular formula is C11H9N3OS3. The maximum Gasteiger partial charge on any atom is 0.275 e. The minimum atomic E-state index is 0.404. The Balaban J connectivity index is 1.94. The highest BCUT2D eigenvalue weighted by Gasteiger charge is 2.05. The second kappa shape index (κ2) is 6.64. The van der Waals surface area contributed by atoms with E-state index in [-0.39, 0.29) is 0 Å². The Kier molecular flexibility index (Phi) is 4.87. The minimum absolute atomic E-state index is 0.404. The van der Waals surface area contributed by atoms with E-state index in [2.05, 4.69) is 9.98 Å². The highest BCUT2D eigenvalue weighted by molar-refractivity contribution is 8.38. The van der Waals surface area contributed by atoms with E-state index < -0.39 is 0 Å². The van der Waals surface area contributed by atoms with E-state index >= 15 is 0 Å². The Morgan fingerprint density at radius 2 is 2.39 bits per heavy atom. The number of thioether (sulfide) groups is 2. The number of nitrogens with zero attached hydrogens (tertiary/aromatic N) is 3. The van der Waals surface area contributed by atoms with Crippen molar-refractivity contribution in [1.82, 2.24) is 4.98 Å². The number of hydrogen-bond donors (Lipinski definition) is 0. The van der Waals surface area contributed by atoms with Gasteiger partial charge in [-0.2, -0.15) is 10.3 Å². The number of thiazole rings is 1. The molecule has 0 atom stereocenters. The van der Waals surface area contributed by atoms with Crippen LogP contribution in [0, 0.1) is 11.5 Å². The van der Waals surface area contributed by atoms with Crippen LogP contribution >= 0.6 is 34.9 Å². The molecule has 0 aliphatic rings. The normalized spacial score (nSPS) is 11.4. The van der Waals surface area contributed by atoms with Crippen LogP contribution in [0.5, 0.6) is 5.19 Å². The van der Waals surface area contributed by atoms with Crippen LogP contribution in [0.1, 0.15) is 0 Å². The average Bonchev–Trinajstić information content (AvgIpc) is 2.80. The maximum atomic E-state index is 8.46. The number of nitriles is 1. The molecule has 1 aromatic carbocycles. The molecule has 1 heterocycles. The molecule has 0 amide bonds. The molecule has 0 aliphatic carbocycles.